The van der Waals surface area contributed by atoms with Gasteiger partial charge in [-0.15, -0.1) is 0 Å². The number of benzene rings is 1. The van der Waals surface area contributed by atoms with Crippen LogP contribution in [0.3, 0.4) is 0 Å². The maximum absolute atomic E-state index is 12.1. The number of nitrogens with zero attached hydrogens (tertiary/aromatic N) is 4. The lowest BCUT2D eigenvalue weighted by molar-refractivity contribution is 0.0935. The summed E-state index contributed by atoms with van der Waals surface area (Å²) in [6, 6.07) is 15.5. The van der Waals surface area contributed by atoms with Crippen molar-refractivity contribution in [2.75, 3.05) is 47.7 Å². The molecule has 0 radical (unpaired) electrons. The summed E-state index contributed by atoms with van der Waals surface area (Å²) >= 11 is 1.46. The fourth-order valence-corrected chi connectivity index (χ4v) is 3.53. The molecule has 4 rings (SSSR count). The number of piperazine rings is 1. The lowest BCUT2D eigenvalue weighted by Crippen LogP contribution is -2.47. The van der Waals surface area contributed by atoms with Gasteiger partial charge in [0.25, 0.3) is 0 Å². The molecule has 1 aliphatic rings. The number of nitrogens with one attached hydrogen (secondary N) is 2. The minimum Gasteiger partial charge on any atom is -0.459 e. The van der Waals surface area contributed by atoms with Gasteiger partial charge in [0.15, 0.2) is 16.7 Å². The molecule has 0 atom stereocenters. The highest BCUT2D eigenvalue weighted by Crippen LogP contribution is 2.23. The van der Waals surface area contributed by atoms with E-state index in [1.807, 2.05) is 18.4 Å². The van der Waals surface area contributed by atoms with Crippen LogP contribution in [0.4, 0.5) is 17.3 Å². The van der Waals surface area contributed by atoms with Gasteiger partial charge in [0.1, 0.15) is 5.82 Å². The monoisotopic (exact) mass is 410 g/mol. The van der Waals surface area contributed by atoms with E-state index in [4.69, 9.17) is 4.42 Å². The number of hydrogen-bond acceptors (Lipinski definition) is 8. The first kappa shape index (κ1) is 19.1. The maximum Gasteiger partial charge on any atom is 0.305 e. The summed E-state index contributed by atoms with van der Waals surface area (Å²) in [6.07, 6.45) is 3.39. The van der Waals surface area contributed by atoms with Gasteiger partial charge >= 0.3 is 5.91 Å². The van der Waals surface area contributed by atoms with Crippen molar-refractivity contribution >= 4 is 35.0 Å². The number of thioether (sulfide) groups is 1. The Balaban J connectivity index is 1.42. The Hall–Kier alpha value is -3.20. The average Bonchev–Trinajstić information content (AvgIpc) is 3.33. The fourth-order valence-electron chi connectivity index (χ4n) is 3.15. The zero-order valence-corrected chi connectivity index (χ0v) is 16.9. The zero-order chi connectivity index (χ0) is 20.1. The van der Waals surface area contributed by atoms with Gasteiger partial charge < -0.3 is 14.2 Å². The van der Waals surface area contributed by atoms with E-state index in [9.17, 15) is 4.79 Å². The highest BCUT2D eigenvalue weighted by molar-refractivity contribution is 7.98. The first-order valence-electron chi connectivity index (χ1n) is 9.31. The molecular weight excluding hydrogens is 388 g/mol. The third kappa shape index (κ3) is 4.62. The number of hydrogen-bond donors (Lipinski definition) is 2. The number of furan rings is 1. The number of aromatic nitrogens is 2. The predicted octanol–water partition coefficient (Wildman–Crippen LogP) is 2.88. The Labute approximate surface area is 173 Å². The Morgan fingerprint density at radius 1 is 1.03 bits per heavy atom. The second kappa shape index (κ2) is 8.87. The van der Waals surface area contributed by atoms with E-state index in [2.05, 4.69) is 54.9 Å². The van der Waals surface area contributed by atoms with Crippen LogP contribution in [0.25, 0.3) is 0 Å². The van der Waals surface area contributed by atoms with Gasteiger partial charge in [0, 0.05) is 37.9 Å². The van der Waals surface area contributed by atoms with E-state index >= 15 is 0 Å². The molecule has 3 heterocycles. The normalized spacial score (nSPS) is 14.0. The predicted molar refractivity (Wildman–Crippen MR) is 114 cm³/mol. The van der Waals surface area contributed by atoms with Crippen LogP contribution in [0, 0.1) is 0 Å². The van der Waals surface area contributed by atoms with Crippen LogP contribution >= 0.6 is 11.8 Å². The van der Waals surface area contributed by atoms with Crippen LogP contribution in [0.2, 0.25) is 0 Å². The van der Waals surface area contributed by atoms with E-state index in [0.29, 0.717) is 11.0 Å². The van der Waals surface area contributed by atoms with Crippen LogP contribution in [-0.2, 0) is 0 Å². The smallest absolute Gasteiger partial charge is 0.305 e. The third-order valence-corrected chi connectivity index (χ3v) is 5.20. The van der Waals surface area contributed by atoms with Crippen LogP contribution < -0.4 is 20.7 Å². The molecule has 1 aliphatic heterocycles. The lowest BCUT2D eigenvalue weighted by atomic mass is 10.2. The fraction of sp³-hybridized carbons (Fsp3) is 0.250. The van der Waals surface area contributed by atoms with Crippen LogP contribution in [0.15, 0.2) is 64.4 Å². The van der Waals surface area contributed by atoms with Crippen molar-refractivity contribution in [3.05, 3.63) is 60.6 Å². The summed E-state index contributed by atoms with van der Waals surface area (Å²) in [7, 11) is 0. The molecule has 9 heteroatoms. The molecular formula is C20H22N6O2S. The molecule has 1 amide bonds. The van der Waals surface area contributed by atoms with Crippen LogP contribution in [0.1, 0.15) is 10.6 Å². The quantitative estimate of drug-likeness (QED) is 0.364. The van der Waals surface area contributed by atoms with Gasteiger partial charge in [-0.2, -0.15) is 0 Å². The van der Waals surface area contributed by atoms with Crippen molar-refractivity contribution in [2.24, 2.45) is 0 Å². The van der Waals surface area contributed by atoms with Crippen molar-refractivity contribution in [1.82, 2.24) is 15.4 Å². The standard InChI is InChI=1S/C20H22N6O2S/c1-29-20-21-17(23-24-19(27)16-8-5-13-28-16)14-18(22-20)26-11-9-25(10-12-26)15-6-3-2-4-7-15/h2-8,13-14H,9-12H2,1H3,(H,24,27)(H,21,22,23). The number of carbonyl (C=O) groups is 1. The molecule has 2 N–H and O–H groups in total. The van der Waals surface area contributed by atoms with E-state index < -0.39 is 0 Å². The summed E-state index contributed by atoms with van der Waals surface area (Å²) in [5.74, 6) is 1.24. The molecule has 150 valence electrons. The number of amides is 1. The second-order valence-corrected chi connectivity index (χ2v) is 7.24. The average molecular weight is 411 g/mol. The largest absolute Gasteiger partial charge is 0.459 e. The summed E-state index contributed by atoms with van der Waals surface area (Å²) in [5, 5.41) is 0.641. The molecule has 2 aromatic heterocycles. The molecule has 1 saturated heterocycles. The van der Waals surface area contributed by atoms with Crippen molar-refractivity contribution in [1.29, 1.82) is 0 Å². The zero-order valence-electron chi connectivity index (χ0n) is 16.0. The summed E-state index contributed by atoms with van der Waals surface area (Å²) in [5.41, 5.74) is 6.70. The molecule has 0 unspecified atom stereocenters. The van der Waals surface area contributed by atoms with E-state index in [1.54, 1.807) is 12.1 Å². The first-order valence-corrected chi connectivity index (χ1v) is 10.5. The molecule has 1 aromatic carbocycles. The summed E-state index contributed by atoms with van der Waals surface area (Å²) in [4.78, 5) is 25.7. The van der Waals surface area contributed by atoms with Gasteiger partial charge in [0.2, 0.25) is 0 Å². The molecule has 0 spiro atoms. The topological polar surface area (TPSA) is 86.5 Å². The Bertz CT molecular complexity index is 943. The van der Waals surface area contributed by atoms with Crippen LogP contribution in [-0.4, -0.2) is 48.3 Å². The number of hydrazine groups is 1. The second-order valence-electron chi connectivity index (χ2n) is 6.46. The molecule has 3 aromatic rings. The van der Waals surface area contributed by atoms with Crippen LogP contribution in [0.5, 0.6) is 0 Å². The maximum atomic E-state index is 12.1. The van der Waals surface area contributed by atoms with Gasteiger partial charge in [0.05, 0.1) is 6.26 Å². The molecule has 0 aliphatic carbocycles. The van der Waals surface area contributed by atoms with Gasteiger partial charge in [-0.05, 0) is 30.5 Å². The number of rotatable bonds is 6. The van der Waals surface area contributed by atoms with E-state index in [0.717, 1.165) is 32.0 Å². The van der Waals surface area contributed by atoms with Gasteiger partial charge in [-0.25, -0.2) is 9.97 Å². The third-order valence-electron chi connectivity index (χ3n) is 4.65. The molecule has 0 saturated carbocycles. The Kier molecular flexibility index (Phi) is 5.85. The first-order chi connectivity index (χ1) is 14.2. The van der Waals surface area contributed by atoms with Crippen molar-refractivity contribution in [3.63, 3.8) is 0 Å². The molecule has 1 fully saturated rings. The van der Waals surface area contributed by atoms with Crippen molar-refractivity contribution < 1.29 is 9.21 Å². The minimum absolute atomic E-state index is 0.230. The lowest BCUT2D eigenvalue weighted by Gasteiger charge is -2.36. The Morgan fingerprint density at radius 3 is 2.48 bits per heavy atom. The van der Waals surface area contributed by atoms with Crippen molar-refractivity contribution in [3.8, 4) is 0 Å². The number of para-hydroxylation sites is 1. The van der Waals surface area contributed by atoms with E-state index in [1.165, 1.54) is 23.7 Å². The molecule has 0 bridgehead atoms. The van der Waals surface area contributed by atoms with Gasteiger partial charge in [-0.3, -0.25) is 15.6 Å². The van der Waals surface area contributed by atoms with E-state index in [-0.39, 0.29) is 11.7 Å². The summed E-state index contributed by atoms with van der Waals surface area (Å²) in [6.45, 7) is 3.55. The molecule has 29 heavy (non-hydrogen) atoms. The van der Waals surface area contributed by atoms with Gasteiger partial charge in [-0.1, -0.05) is 30.0 Å². The summed E-state index contributed by atoms with van der Waals surface area (Å²) < 4.78 is 5.09. The highest BCUT2D eigenvalue weighted by atomic mass is 32.2. The minimum atomic E-state index is -0.364. The highest BCUT2D eigenvalue weighted by Gasteiger charge is 2.20. The number of anilines is 3. The van der Waals surface area contributed by atoms with Crippen molar-refractivity contribution in [2.45, 2.75) is 5.16 Å². The number of carbonyl (C=O) groups excluding carboxylic acids is 1. The Morgan fingerprint density at radius 2 is 1.79 bits per heavy atom. The molecule has 8 nitrogen and oxygen atoms in total. The SMILES string of the molecule is CSc1nc(NNC(=O)c2ccco2)cc(N2CCN(c3ccccc3)CC2)n1.